The van der Waals surface area contributed by atoms with Gasteiger partial charge in [-0.2, -0.15) is 0 Å². The Hall–Kier alpha value is -2.30. The van der Waals surface area contributed by atoms with Gasteiger partial charge in [-0.1, -0.05) is 26.0 Å². The lowest BCUT2D eigenvalue weighted by atomic mass is 10.2. The number of ether oxygens (including phenoxy) is 2. The molecule has 0 radical (unpaired) electrons. The van der Waals surface area contributed by atoms with Gasteiger partial charge in [0.1, 0.15) is 11.6 Å². The zero-order valence-electron chi connectivity index (χ0n) is 12.8. The van der Waals surface area contributed by atoms with Crippen LogP contribution in [0.4, 0.5) is 5.82 Å². The molecule has 0 saturated carbocycles. The standard InChI is InChI=1S/C17H19N3O2/c1-12(2)16-18-9-7-15(19-16)20-10-8-17(11-20)21-13-5-3-4-6-14(13)22-17/h3-7,9,12H,8,10-11H2,1-2H3. The molecular formula is C17H19N3O2. The molecule has 1 fully saturated rings. The SMILES string of the molecule is CC(C)c1nccc(N2CCC3(C2)Oc2ccccc2O3)n1. The van der Waals surface area contributed by atoms with Crippen LogP contribution in [0, 0.1) is 0 Å². The minimum absolute atomic E-state index is 0.319. The summed E-state index contributed by atoms with van der Waals surface area (Å²) >= 11 is 0. The number of rotatable bonds is 2. The van der Waals surface area contributed by atoms with Crippen LogP contribution in [0.5, 0.6) is 11.5 Å². The van der Waals surface area contributed by atoms with Crippen LogP contribution in [0.3, 0.4) is 0 Å². The molecule has 114 valence electrons. The predicted octanol–water partition coefficient (Wildman–Crippen LogP) is 2.98. The van der Waals surface area contributed by atoms with E-state index in [4.69, 9.17) is 9.47 Å². The maximum atomic E-state index is 6.08. The van der Waals surface area contributed by atoms with E-state index in [-0.39, 0.29) is 0 Å². The second-order valence-electron chi connectivity index (χ2n) is 6.16. The maximum Gasteiger partial charge on any atom is 0.270 e. The molecule has 0 bridgehead atoms. The van der Waals surface area contributed by atoms with E-state index < -0.39 is 5.79 Å². The summed E-state index contributed by atoms with van der Waals surface area (Å²) in [5, 5.41) is 0. The highest BCUT2D eigenvalue weighted by atomic mass is 16.7. The second kappa shape index (κ2) is 4.87. The molecule has 1 aromatic heterocycles. The third-order valence-corrected chi connectivity index (χ3v) is 4.14. The summed E-state index contributed by atoms with van der Waals surface area (Å²) in [6.07, 6.45) is 2.65. The minimum Gasteiger partial charge on any atom is -0.447 e. The van der Waals surface area contributed by atoms with E-state index >= 15 is 0 Å². The first-order chi connectivity index (χ1) is 10.7. The summed E-state index contributed by atoms with van der Waals surface area (Å²) in [6.45, 7) is 5.74. The van der Waals surface area contributed by atoms with Crippen molar-refractivity contribution in [3.05, 3.63) is 42.4 Å². The zero-order chi connectivity index (χ0) is 15.2. The van der Waals surface area contributed by atoms with Crippen LogP contribution in [0.15, 0.2) is 36.5 Å². The summed E-state index contributed by atoms with van der Waals surface area (Å²) in [4.78, 5) is 11.2. The second-order valence-corrected chi connectivity index (χ2v) is 6.16. The molecule has 1 aromatic carbocycles. The molecule has 2 aromatic rings. The van der Waals surface area contributed by atoms with E-state index in [2.05, 4.69) is 28.7 Å². The van der Waals surface area contributed by atoms with E-state index in [1.807, 2.05) is 36.5 Å². The summed E-state index contributed by atoms with van der Waals surface area (Å²) in [5.41, 5.74) is 0. The van der Waals surface area contributed by atoms with Gasteiger partial charge in [-0.15, -0.1) is 0 Å². The highest BCUT2D eigenvalue weighted by Gasteiger charge is 2.47. The monoisotopic (exact) mass is 297 g/mol. The molecule has 0 N–H and O–H groups in total. The minimum atomic E-state index is -0.577. The molecule has 0 aliphatic carbocycles. The number of benzene rings is 1. The number of aromatic nitrogens is 2. The van der Waals surface area contributed by atoms with Crippen LogP contribution >= 0.6 is 0 Å². The van der Waals surface area contributed by atoms with Crippen molar-refractivity contribution in [2.75, 3.05) is 18.0 Å². The molecule has 0 atom stereocenters. The Labute approximate surface area is 129 Å². The largest absolute Gasteiger partial charge is 0.447 e. The first-order valence-corrected chi connectivity index (χ1v) is 7.70. The first-order valence-electron chi connectivity index (χ1n) is 7.70. The van der Waals surface area contributed by atoms with Crippen LogP contribution in [0.2, 0.25) is 0 Å². The van der Waals surface area contributed by atoms with E-state index in [1.165, 1.54) is 0 Å². The number of nitrogens with zero attached hydrogens (tertiary/aromatic N) is 3. The van der Waals surface area contributed by atoms with Crippen LogP contribution < -0.4 is 14.4 Å². The first kappa shape index (κ1) is 13.4. The molecule has 5 nitrogen and oxygen atoms in total. The number of anilines is 1. The highest BCUT2D eigenvalue weighted by molar-refractivity contribution is 5.46. The average molecular weight is 297 g/mol. The lowest BCUT2D eigenvalue weighted by Gasteiger charge is -2.23. The molecule has 1 spiro atoms. The fourth-order valence-electron chi connectivity index (χ4n) is 2.97. The highest BCUT2D eigenvalue weighted by Crippen LogP contribution is 2.43. The molecule has 5 heteroatoms. The number of hydrogen-bond donors (Lipinski definition) is 0. The number of para-hydroxylation sites is 2. The fourth-order valence-corrected chi connectivity index (χ4v) is 2.97. The third kappa shape index (κ3) is 2.17. The molecule has 3 heterocycles. The molecule has 22 heavy (non-hydrogen) atoms. The summed E-state index contributed by atoms with van der Waals surface area (Å²) in [5.74, 6) is 3.21. The van der Waals surface area contributed by atoms with Crippen molar-refractivity contribution in [1.29, 1.82) is 0 Å². The van der Waals surface area contributed by atoms with Crippen LogP contribution in [-0.4, -0.2) is 28.8 Å². The van der Waals surface area contributed by atoms with E-state index in [9.17, 15) is 0 Å². The Morgan fingerprint density at radius 2 is 1.86 bits per heavy atom. The lowest BCUT2D eigenvalue weighted by Crippen LogP contribution is -2.41. The van der Waals surface area contributed by atoms with Crippen molar-refractivity contribution in [1.82, 2.24) is 9.97 Å². The zero-order valence-corrected chi connectivity index (χ0v) is 12.8. The van der Waals surface area contributed by atoms with E-state index in [0.29, 0.717) is 12.5 Å². The lowest BCUT2D eigenvalue weighted by molar-refractivity contribution is -0.0577. The summed E-state index contributed by atoms with van der Waals surface area (Å²) in [7, 11) is 0. The summed E-state index contributed by atoms with van der Waals surface area (Å²) < 4.78 is 12.2. The Morgan fingerprint density at radius 3 is 2.55 bits per heavy atom. The molecule has 4 rings (SSSR count). The number of fused-ring (bicyclic) bond motifs is 1. The van der Waals surface area contributed by atoms with Gasteiger partial charge in [-0.25, -0.2) is 9.97 Å². The Balaban J connectivity index is 1.55. The van der Waals surface area contributed by atoms with Crippen LogP contribution in [0.25, 0.3) is 0 Å². The molecule has 0 unspecified atom stereocenters. The van der Waals surface area contributed by atoms with Crippen molar-refractivity contribution in [2.24, 2.45) is 0 Å². The van der Waals surface area contributed by atoms with Crippen molar-refractivity contribution >= 4 is 5.82 Å². The van der Waals surface area contributed by atoms with Gasteiger partial charge in [0.2, 0.25) is 0 Å². The van der Waals surface area contributed by atoms with Gasteiger partial charge in [0.05, 0.1) is 6.54 Å². The molecule has 1 saturated heterocycles. The quantitative estimate of drug-likeness (QED) is 0.853. The molecule has 2 aliphatic heterocycles. The third-order valence-electron chi connectivity index (χ3n) is 4.14. The van der Waals surface area contributed by atoms with Gasteiger partial charge in [0.25, 0.3) is 5.79 Å². The van der Waals surface area contributed by atoms with Crippen molar-refractivity contribution in [2.45, 2.75) is 32.0 Å². The molecule has 2 aliphatic rings. The topological polar surface area (TPSA) is 47.5 Å². The van der Waals surface area contributed by atoms with Gasteiger partial charge < -0.3 is 14.4 Å². The molecular weight excluding hydrogens is 278 g/mol. The molecule has 0 amide bonds. The van der Waals surface area contributed by atoms with Gasteiger partial charge in [-0.3, -0.25) is 0 Å². The fraction of sp³-hybridized carbons (Fsp3) is 0.412. The van der Waals surface area contributed by atoms with Crippen LogP contribution in [-0.2, 0) is 0 Å². The average Bonchev–Trinajstić information content (AvgIpc) is 3.10. The van der Waals surface area contributed by atoms with Crippen molar-refractivity contribution in [3.63, 3.8) is 0 Å². The summed E-state index contributed by atoms with van der Waals surface area (Å²) in [6, 6.07) is 9.79. The van der Waals surface area contributed by atoms with Crippen molar-refractivity contribution in [3.8, 4) is 11.5 Å². The van der Waals surface area contributed by atoms with Gasteiger partial charge >= 0.3 is 0 Å². The van der Waals surface area contributed by atoms with Crippen molar-refractivity contribution < 1.29 is 9.47 Å². The Morgan fingerprint density at radius 1 is 1.14 bits per heavy atom. The smallest absolute Gasteiger partial charge is 0.270 e. The maximum absolute atomic E-state index is 6.08. The van der Waals surface area contributed by atoms with Gasteiger partial charge in [0.15, 0.2) is 11.5 Å². The van der Waals surface area contributed by atoms with Gasteiger partial charge in [-0.05, 0) is 18.2 Å². The Kier molecular flexibility index (Phi) is 2.96. The normalized spacial score (nSPS) is 18.4. The predicted molar refractivity (Wildman–Crippen MR) is 83.4 cm³/mol. The van der Waals surface area contributed by atoms with Crippen LogP contribution in [0.1, 0.15) is 32.0 Å². The Bertz CT molecular complexity index is 677. The van der Waals surface area contributed by atoms with E-state index in [0.717, 1.165) is 36.1 Å². The van der Waals surface area contributed by atoms with Gasteiger partial charge in [0, 0.05) is 25.1 Å². The van der Waals surface area contributed by atoms with E-state index in [1.54, 1.807) is 0 Å². The number of hydrogen-bond acceptors (Lipinski definition) is 5.